The highest BCUT2D eigenvalue weighted by molar-refractivity contribution is 9.10. The number of ether oxygens (including phenoxy) is 1. The van der Waals surface area contributed by atoms with Crippen LogP contribution in [0.2, 0.25) is 5.02 Å². The molecule has 5 aliphatic rings. The molecule has 6 atom stereocenters. The number of hydrazine groups is 1. The molecule has 0 radical (unpaired) electrons. The number of hydrogen-bond acceptors (Lipinski definition) is 7. The Bertz CT molecular complexity index is 2300. The number of imide groups is 2. The Balaban J connectivity index is 1.23. The van der Waals surface area contributed by atoms with Gasteiger partial charge in [-0.3, -0.25) is 29.5 Å². The van der Waals surface area contributed by atoms with Crippen LogP contribution in [0.25, 0.3) is 0 Å². The summed E-state index contributed by atoms with van der Waals surface area (Å²) < 4.78 is 20.9. The number of fused-ring (bicyclic) bond motifs is 5. The van der Waals surface area contributed by atoms with Gasteiger partial charge in [0.15, 0.2) is 0 Å². The van der Waals surface area contributed by atoms with E-state index >= 15 is 4.79 Å². The number of anilines is 2. The van der Waals surface area contributed by atoms with Crippen molar-refractivity contribution in [2.24, 2.45) is 29.6 Å². The van der Waals surface area contributed by atoms with Crippen LogP contribution < -0.4 is 15.1 Å². The summed E-state index contributed by atoms with van der Waals surface area (Å²) in [6, 6.07) is 24.0. The average Bonchev–Trinajstić information content (AvgIpc) is 3.53. The van der Waals surface area contributed by atoms with Crippen molar-refractivity contribution in [3.8, 4) is 11.5 Å². The van der Waals surface area contributed by atoms with Crippen LogP contribution in [0, 0.1) is 35.4 Å². The number of carbonyl (C=O) groups is 4. The lowest BCUT2D eigenvalue weighted by Crippen LogP contribution is -2.55. The molecule has 3 heterocycles. The first-order chi connectivity index (χ1) is 25.6. The average molecular weight is 795 g/mol. The second-order valence-corrected chi connectivity index (χ2v) is 15.5. The minimum atomic E-state index is -1.54. The van der Waals surface area contributed by atoms with Crippen molar-refractivity contribution in [3.05, 3.63) is 141 Å². The zero-order valence-corrected chi connectivity index (χ0v) is 30.2. The van der Waals surface area contributed by atoms with Gasteiger partial charge in [-0.15, -0.1) is 0 Å². The third kappa shape index (κ3) is 5.08. The Hall–Kier alpha value is -5.26. The summed E-state index contributed by atoms with van der Waals surface area (Å²) in [5, 5.41) is 11.9. The number of rotatable bonds is 5. The van der Waals surface area contributed by atoms with E-state index in [0.29, 0.717) is 38.8 Å². The van der Waals surface area contributed by atoms with E-state index in [0.717, 1.165) is 15.1 Å². The van der Waals surface area contributed by atoms with Gasteiger partial charge in [-0.1, -0.05) is 51.3 Å². The number of halogens is 3. The largest absolute Gasteiger partial charge is 0.508 e. The lowest BCUT2D eigenvalue weighted by atomic mass is 9.48. The highest BCUT2D eigenvalue weighted by Crippen LogP contribution is 2.63. The zero-order chi connectivity index (χ0) is 36.8. The number of nitrogens with zero attached hydrogens (tertiary/aromatic N) is 2. The molecule has 2 aliphatic carbocycles. The predicted molar refractivity (Wildman–Crippen MR) is 197 cm³/mol. The van der Waals surface area contributed by atoms with Crippen molar-refractivity contribution in [2.45, 2.75) is 24.7 Å². The first kappa shape index (κ1) is 33.6. The van der Waals surface area contributed by atoms with Crippen LogP contribution in [0.4, 0.5) is 15.8 Å². The van der Waals surface area contributed by atoms with Gasteiger partial charge in [-0.05, 0) is 109 Å². The zero-order valence-electron chi connectivity index (χ0n) is 27.8. The Labute approximate surface area is 316 Å². The SMILES string of the molecule is O=C1C2CC3C(=CCC4C(=O)N(c5ccc(Br)cc5)C(=O)C43)C(C3=COc4ccc(O)cc4C3)C2(c2ccc(Cl)cc2)C(=O)N1Nc1ccc(F)cc1. The summed E-state index contributed by atoms with van der Waals surface area (Å²) in [6.45, 7) is 0. The van der Waals surface area contributed by atoms with Gasteiger partial charge in [0.25, 0.3) is 11.8 Å². The minimum absolute atomic E-state index is 0.0463. The highest BCUT2D eigenvalue weighted by atomic mass is 79.9. The van der Waals surface area contributed by atoms with Crippen molar-refractivity contribution < 1.29 is 33.4 Å². The van der Waals surface area contributed by atoms with Crippen molar-refractivity contribution in [1.82, 2.24) is 5.01 Å². The van der Waals surface area contributed by atoms with Gasteiger partial charge in [-0.25, -0.2) is 4.39 Å². The first-order valence-electron chi connectivity index (χ1n) is 17.2. The fourth-order valence-corrected chi connectivity index (χ4v) is 9.71. The quantitative estimate of drug-likeness (QED) is 0.159. The number of amides is 4. The molecule has 12 heteroatoms. The van der Waals surface area contributed by atoms with Crippen molar-refractivity contribution in [3.63, 3.8) is 0 Å². The Morgan fingerprint density at radius 2 is 1.62 bits per heavy atom. The van der Waals surface area contributed by atoms with E-state index < -0.39 is 52.6 Å². The lowest BCUT2D eigenvalue weighted by molar-refractivity contribution is -0.139. The number of hydrogen-bond donors (Lipinski definition) is 2. The first-order valence-corrected chi connectivity index (χ1v) is 18.4. The molecule has 1 saturated carbocycles. The monoisotopic (exact) mass is 793 g/mol. The summed E-state index contributed by atoms with van der Waals surface area (Å²) in [7, 11) is 0. The number of nitrogens with one attached hydrogen (secondary N) is 1. The Morgan fingerprint density at radius 1 is 0.887 bits per heavy atom. The second kappa shape index (κ2) is 12.4. The van der Waals surface area contributed by atoms with Gasteiger partial charge in [0.2, 0.25) is 11.8 Å². The van der Waals surface area contributed by atoms with E-state index in [1.54, 1.807) is 66.9 Å². The number of benzene rings is 4. The molecular formula is C41H30BrClFN3O6. The predicted octanol–water partition coefficient (Wildman–Crippen LogP) is 7.49. The molecule has 3 aliphatic heterocycles. The summed E-state index contributed by atoms with van der Waals surface area (Å²) in [4.78, 5) is 60.0. The molecule has 9 rings (SSSR count). The third-order valence-electron chi connectivity index (χ3n) is 11.5. The van der Waals surface area contributed by atoms with Crippen LogP contribution in [-0.2, 0) is 31.0 Å². The van der Waals surface area contributed by atoms with Gasteiger partial charge in [-0.2, -0.15) is 5.01 Å². The summed E-state index contributed by atoms with van der Waals surface area (Å²) in [5.74, 6) is -5.38. The topological polar surface area (TPSA) is 116 Å². The van der Waals surface area contributed by atoms with E-state index in [1.807, 2.05) is 6.08 Å². The number of carbonyl (C=O) groups excluding carboxylic acids is 4. The van der Waals surface area contributed by atoms with Crippen LogP contribution in [0.5, 0.6) is 11.5 Å². The van der Waals surface area contributed by atoms with Gasteiger partial charge in [0.05, 0.1) is 40.8 Å². The Kier molecular flexibility index (Phi) is 7.86. The van der Waals surface area contributed by atoms with Gasteiger partial charge >= 0.3 is 0 Å². The molecule has 266 valence electrons. The molecule has 6 unspecified atom stereocenters. The van der Waals surface area contributed by atoms with Crippen molar-refractivity contribution in [2.75, 3.05) is 10.3 Å². The normalized spacial score (nSPS) is 27.3. The van der Waals surface area contributed by atoms with Gasteiger partial charge in [0, 0.05) is 27.4 Å². The van der Waals surface area contributed by atoms with E-state index in [1.165, 1.54) is 35.2 Å². The highest BCUT2D eigenvalue weighted by Gasteiger charge is 2.70. The Morgan fingerprint density at radius 3 is 2.36 bits per heavy atom. The maximum absolute atomic E-state index is 15.3. The van der Waals surface area contributed by atoms with E-state index in [9.17, 15) is 23.9 Å². The van der Waals surface area contributed by atoms with Crippen LogP contribution in [0.3, 0.4) is 0 Å². The summed E-state index contributed by atoms with van der Waals surface area (Å²) >= 11 is 9.81. The second-order valence-electron chi connectivity index (χ2n) is 14.1. The van der Waals surface area contributed by atoms with Crippen LogP contribution in [0.1, 0.15) is 24.0 Å². The summed E-state index contributed by atoms with van der Waals surface area (Å²) in [6.07, 6.45) is 4.23. The summed E-state index contributed by atoms with van der Waals surface area (Å²) in [5.41, 5.74) is 4.90. The van der Waals surface area contributed by atoms with Gasteiger partial charge in [0.1, 0.15) is 17.3 Å². The molecule has 0 spiro atoms. The lowest BCUT2D eigenvalue weighted by Gasteiger charge is -2.51. The molecule has 2 saturated heterocycles. The number of phenols is 1. The molecule has 53 heavy (non-hydrogen) atoms. The van der Waals surface area contributed by atoms with Crippen LogP contribution in [-0.4, -0.2) is 33.7 Å². The van der Waals surface area contributed by atoms with Crippen molar-refractivity contribution in [1.29, 1.82) is 0 Å². The van der Waals surface area contributed by atoms with Gasteiger partial charge < -0.3 is 9.84 Å². The van der Waals surface area contributed by atoms with Crippen LogP contribution in [0.15, 0.2) is 119 Å². The number of phenolic OH excluding ortho intramolecular Hbond substituents is 1. The van der Waals surface area contributed by atoms with Crippen molar-refractivity contribution >= 4 is 62.5 Å². The molecule has 3 fully saturated rings. The molecule has 9 nitrogen and oxygen atoms in total. The minimum Gasteiger partial charge on any atom is -0.508 e. The fraction of sp³-hybridized carbons (Fsp3) is 0.220. The standard InChI is InChI=1S/C41H30BrClFN3O6/c42-24-3-11-28(12-4-24)46-37(49)31-15-14-30-32(35(31)39(46)51)19-33-38(50)47(45-27-9-7-26(44)8-10-27)40(52)41(33,23-1-5-25(43)6-2-23)36(30)22-17-21-18-29(48)13-16-34(21)53-20-22/h1-14,16,18,20,31-33,35-36,45,48H,15,17,19H2. The molecule has 0 bridgehead atoms. The number of allylic oxidation sites excluding steroid dienone is 3. The van der Waals surface area contributed by atoms with Crippen LogP contribution >= 0.6 is 27.5 Å². The molecule has 4 aromatic carbocycles. The smallest absolute Gasteiger partial charge is 0.260 e. The maximum atomic E-state index is 15.3. The maximum Gasteiger partial charge on any atom is 0.260 e. The molecule has 4 aromatic rings. The molecule has 4 amide bonds. The molecular weight excluding hydrogens is 765 g/mol. The molecule has 0 aromatic heterocycles. The van der Waals surface area contributed by atoms with E-state index in [-0.39, 0.29) is 36.8 Å². The molecule has 2 N–H and O–H groups in total. The third-order valence-corrected chi connectivity index (χ3v) is 12.3. The van der Waals surface area contributed by atoms with E-state index in [2.05, 4.69) is 21.4 Å². The number of aromatic hydroxyl groups is 1. The van der Waals surface area contributed by atoms with E-state index in [4.69, 9.17) is 16.3 Å². The fourth-order valence-electron chi connectivity index (χ4n) is 9.32.